The van der Waals surface area contributed by atoms with E-state index in [4.69, 9.17) is 4.84 Å². The van der Waals surface area contributed by atoms with Crippen molar-refractivity contribution >= 4 is 28.7 Å². The molecule has 0 N–H and O–H groups in total. The van der Waals surface area contributed by atoms with Crippen molar-refractivity contribution in [2.45, 2.75) is 13.5 Å². The van der Waals surface area contributed by atoms with Crippen molar-refractivity contribution in [2.24, 2.45) is 0 Å². The SMILES string of the molecule is Cc1cccc2c(=O)n(CC(=O)ON3C(=O)c4ccccc4C3=O)cnc12. The van der Waals surface area contributed by atoms with Gasteiger partial charge in [0.2, 0.25) is 0 Å². The van der Waals surface area contributed by atoms with Gasteiger partial charge in [-0.05, 0) is 30.7 Å². The van der Waals surface area contributed by atoms with Gasteiger partial charge >= 0.3 is 5.97 Å². The van der Waals surface area contributed by atoms with Crippen molar-refractivity contribution in [3.63, 3.8) is 0 Å². The molecular weight excluding hydrogens is 350 g/mol. The summed E-state index contributed by atoms with van der Waals surface area (Å²) in [6.45, 7) is 1.35. The maximum absolute atomic E-state index is 12.5. The van der Waals surface area contributed by atoms with E-state index in [2.05, 4.69) is 4.98 Å². The lowest BCUT2D eigenvalue weighted by Gasteiger charge is -2.13. The van der Waals surface area contributed by atoms with E-state index in [0.29, 0.717) is 16.0 Å². The Labute approximate surface area is 152 Å². The lowest BCUT2D eigenvalue weighted by Crippen LogP contribution is -2.35. The molecule has 0 saturated heterocycles. The van der Waals surface area contributed by atoms with Crippen LogP contribution in [-0.4, -0.2) is 32.4 Å². The van der Waals surface area contributed by atoms with E-state index in [1.54, 1.807) is 24.3 Å². The zero-order valence-electron chi connectivity index (χ0n) is 14.2. The summed E-state index contributed by atoms with van der Waals surface area (Å²) in [6, 6.07) is 11.3. The smallest absolute Gasteiger partial charge is 0.328 e. The van der Waals surface area contributed by atoms with Gasteiger partial charge < -0.3 is 4.84 Å². The van der Waals surface area contributed by atoms with Crippen LogP contribution in [0.5, 0.6) is 0 Å². The molecule has 134 valence electrons. The van der Waals surface area contributed by atoms with Crippen LogP contribution >= 0.6 is 0 Å². The fourth-order valence-corrected chi connectivity index (χ4v) is 2.97. The standard InChI is InChI=1S/C19H13N3O5/c1-11-5-4-8-14-16(11)20-10-21(17(14)24)9-15(23)27-22-18(25)12-6-2-3-7-13(12)19(22)26/h2-8,10H,9H2,1H3. The maximum Gasteiger partial charge on any atom is 0.352 e. The largest absolute Gasteiger partial charge is 0.352 e. The summed E-state index contributed by atoms with van der Waals surface area (Å²) in [7, 11) is 0. The molecule has 0 atom stereocenters. The molecular formula is C19H13N3O5. The first-order valence-electron chi connectivity index (χ1n) is 8.11. The third-order valence-electron chi connectivity index (χ3n) is 4.30. The molecule has 27 heavy (non-hydrogen) atoms. The molecule has 0 unspecified atom stereocenters. The van der Waals surface area contributed by atoms with Gasteiger partial charge in [0.05, 0.1) is 28.4 Å². The lowest BCUT2D eigenvalue weighted by molar-refractivity contribution is -0.169. The third kappa shape index (κ3) is 2.67. The number of hydrogen-bond acceptors (Lipinski definition) is 6. The summed E-state index contributed by atoms with van der Waals surface area (Å²) in [5, 5.41) is 0.780. The molecule has 0 bridgehead atoms. The Morgan fingerprint density at radius 1 is 1.00 bits per heavy atom. The van der Waals surface area contributed by atoms with Crippen LogP contribution in [0.25, 0.3) is 10.9 Å². The van der Waals surface area contributed by atoms with Crippen molar-refractivity contribution < 1.29 is 19.2 Å². The molecule has 3 aromatic rings. The van der Waals surface area contributed by atoms with Gasteiger partial charge in [0.1, 0.15) is 6.54 Å². The number of carbonyl (C=O) groups excluding carboxylic acids is 3. The van der Waals surface area contributed by atoms with Gasteiger partial charge in [0.15, 0.2) is 0 Å². The van der Waals surface area contributed by atoms with E-state index >= 15 is 0 Å². The molecule has 8 heteroatoms. The molecule has 4 rings (SSSR count). The Bertz CT molecular complexity index is 1150. The molecule has 2 heterocycles. The molecule has 1 aromatic heterocycles. The highest BCUT2D eigenvalue weighted by Gasteiger charge is 2.38. The molecule has 0 saturated carbocycles. The van der Waals surface area contributed by atoms with Crippen molar-refractivity contribution in [2.75, 3.05) is 0 Å². The summed E-state index contributed by atoms with van der Waals surface area (Å²) in [5.74, 6) is -2.37. The first-order chi connectivity index (χ1) is 13.0. The summed E-state index contributed by atoms with van der Waals surface area (Å²) in [4.78, 5) is 58.3. The van der Waals surface area contributed by atoms with E-state index in [9.17, 15) is 19.2 Å². The van der Waals surface area contributed by atoms with Gasteiger partial charge in [-0.1, -0.05) is 29.3 Å². The van der Waals surface area contributed by atoms with Crippen molar-refractivity contribution in [3.05, 3.63) is 75.8 Å². The van der Waals surface area contributed by atoms with Gasteiger partial charge in [-0.25, -0.2) is 9.78 Å². The Morgan fingerprint density at radius 2 is 1.67 bits per heavy atom. The quantitative estimate of drug-likeness (QED) is 0.654. The number of hydrogen-bond donors (Lipinski definition) is 0. The third-order valence-corrected chi connectivity index (χ3v) is 4.30. The van der Waals surface area contributed by atoms with E-state index in [1.807, 2.05) is 13.0 Å². The minimum absolute atomic E-state index is 0.162. The second-order valence-corrected chi connectivity index (χ2v) is 6.06. The molecule has 0 aliphatic carbocycles. The van der Waals surface area contributed by atoms with Gasteiger partial charge in [-0.3, -0.25) is 19.0 Å². The van der Waals surface area contributed by atoms with Crippen LogP contribution in [0, 0.1) is 6.92 Å². The van der Waals surface area contributed by atoms with Crippen LogP contribution in [0.15, 0.2) is 53.6 Å². The molecule has 0 spiro atoms. The fraction of sp³-hybridized carbons (Fsp3) is 0.105. The predicted octanol–water partition coefficient (Wildman–Crippen LogP) is 1.46. The highest BCUT2D eigenvalue weighted by Crippen LogP contribution is 2.22. The normalized spacial score (nSPS) is 13.1. The Kier molecular flexibility index (Phi) is 3.80. The highest BCUT2D eigenvalue weighted by atomic mass is 16.7. The van der Waals surface area contributed by atoms with Gasteiger partial charge in [0.25, 0.3) is 17.4 Å². The molecule has 8 nitrogen and oxygen atoms in total. The topological polar surface area (TPSA) is 98.6 Å². The zero-order valence-corrected chi connectivity index (χ0v) is 14.2. The molecule has 0 fully saturated rings. The average molecular weight is 363 g/mol. The molecule has 2 aromatic carbocycles. The van der Waals surface area contributed by atoms with Crippen molar-refractivity contribution in [1.29, 1.82) is 0 Å². The summed E-state index contributed by atoms with van der Waals surface area (Å²) >= 11 is 0. The molecule has 1 aliphatic rings. The summed E-state index contributed by atoms with van der Waals surface area (Å²) in [5.41, 5.74) is 1.30. The number of carbonyl (C=O) groups is 3. The van der Waals surface area contributed by atoms with Gasteiger partial charge in [-0.2, -0.15) is 0 Å². The minimum atomic E-state index is -0.930. The number of fused-ring (bicyclic) bond motifs is 2. The van der Waals surface area contributed by atoms with Gasteiger partial charge in [-0.15, -0.1) is 0 Å². The van der Waals surface area contributed by atoms with Crippen LogP contribution in [0.1, 0.15) is 26.3 Å². The highest BCUT2D eigenvalue weighted by molar-refractivity contribution is 6.20. The molecule has 0 radical (unpaired) electrons. The first-order valence-corrected chi connectivity index (χ1v) is 8.11. The summed E-state index contributed by atoms with van der Waals surface area (Å²) in [6.07, 6.45) is 1.24. The van der Waals surface area contributed by atoms with Crippen LogP contribution in [-0.2, 0) is 16.2 Å². The van der Waals surface area contributed by atoms with E-state index < -0.39 is 29.9 Å². The number of imide groups is 1. The number of aryl methyl sites for hydroxylation is 1. The van der Waals surface area contributed by atoms with Crippen molar-refractivity contribution in [3.8, 4) is 0 Å². The predicted molar refractivity (Wildman–Crippen MR) is 93.8 cm³/mol. The first kappa shape index (κ1) is 16.6. The van der Waals surface area contributed by atoms with Crippen LogP contribution in [0.2, 0.25) is 0 Å². The number of aromatic nitrogens is 2. The number of nitrogens with zero attached hydrogens (tertiary/aromatic N) is 3. The van der Waals surface area contributed by atoms with Crippen LogP contribution < -0.4 is 5.56 Å². The molecule has 1 aliphatic heterocycles. The Balaban J connectivity index is 1.57. The number of para-hydroxylation sites is 1. The van der Waals surface area contributed by atoms with Crippen molar-refractivity contribution in [1.82, 2.24) is 14.6 Å². The monoisotopic (exact) mass is 363 g/mol. The van der Waals surface area contributed by atoms with Crippen LogP contribution in [0.3, 0.4) is 0 Å². The van der Waals surface area contributed by atoms with E-state index in [1.165, 1.54) is 18.5 Å². The van der Waals surface area contributed by atoms with E-state index in [-0.39, 0.29) is 11.1 Å². The average Bonchev–Trinajstić information content (AvgIpc) is 2.90. The van der Waals surface area contributed by atoms with Gasteiger partial charge in [0, 0.05) is 0 Å². The zero-order chi connectivity index (χ0) is 19.1. The number of amides is 2. The molecule has 2 amide bonds. The Hall–Kier alpha value is -3.81. The second kappa shape index (κ2) is 6.17. The van der Waals surface area contributed by atoms with E-state index in [0.717, 1.165) is 10.1 Å². The Morgan fingerprint density at radius 3 is 2.33 bits per heavy atom. The van der Waals surface area contributed by atoms with Crippen LogP contribution in [0.4, 0.5) is 0 Å². The number of hydroxylamine groups is 2. The second-order valence-electron chi connectivity index (χ2n) is 6.06. The maximum atomic E-state index is 12.5. The number of benzene rings is 2. The lowest BCUT2D eigenvalue weighted by atomic mass is 10.1. The minimum Gasteiger partial charge on any atom is -0.328 e. The summed E-state index contributed by atoms with van der Waals surface area (Å²) < 4.78 is 1.07. The number of rotatable bonds is 3. The fourth-order valence-electron chi connectivity index (χ4n) is 2.97.